The first-order chi connectivity index (χ1) is 13.9. The summed E-state index contributed by atoms with van der Waals surface area (Å²) in [6.07, 6.45) is 0. The van der Waals surface area contributed by atoms with Crippen LogP contribution in [0.3, 0.4) is 0 Å². The van der Waals surface area contributed by atoms with Gasteiger partial charge in [0.15, 0.2) is 5.69 Å². The highest BCUT2D eigenvalue weighted by atomic mass is 15.3. The number of hydrogen-bond acceptors (Lipinski definition) is 2. The number of para-hydroxylation sites is 5. The van der Waals surface area contributed by atoms with E-state index in [2.05, 4.69) is 87.4 Å². The van der Waals surface area contributed by atoms with E-state index >= 15 is 0 Å². The Morgan fingerprint density at radius 3 is 1.29 bits per heavy atom. The van der Waals surface area contributed by atoms with Crippen LogP contribution in [0.1, 0.15) is 0 Å². The predicted octanol–water partition coefficient (Wildman–Crippen LogP) is 7.49. The molecule has 0 N–H and O–H groups in total. The van der Waals surface area contributed by atoms with Gasteiger partial charge in [-0.25, -0.2) is 4.85 Å². The Morgan fingerprint density at radius 2 is 0.857 bits per heavy atom. The van der Waals surface area contributed by atoms with Gasteiger partial charge in [0.2, 0.25) is 0 Å². The second kappa shape index (κ2) is 6.61. The van der Waals surface area contributed by atoms with E-state index in [4.69, 9.17) is 6.57 Å². The van der Waals surface area contributed by atoms with Crippen molar-refractivity contribution in [3.63, 3.8) is 0 Å². The van der Waals surface area contributed by atoms with Gasteiger partial charge in [0.05, 0.1) is 29.3 Å². The van der Waals surface area contributed by atoms with Crippen LogP contribution in [0.2, 0.25) is 0 Å². The zero-order valence-electron chi connectivity index (χ0n) is 15.2. The minimum atomic E-state index is 0.647. The quantitative estimate of drug-likeness (QED) is 0.302. The minimum absolute atomic E-state index is 0.647. The van der Waals surface area contributed by atoms with Gasteiger partial charge in [0.1, 0.15) is 0 Å². The van der Waals surface area contributed by atoms with Crippen LogP contribution in [0.25, 0.3) is 4.85 Å². The molecule has 0 atom stereocenters. The third-order valence-electron chi connectivity index (χ3n) is 4.98. The predicted molar refractivity (Wildman–Crippen MR) is 116 cm³/mol. The molecule has 0 amide bonds. The molecule has 0 unspecified atom stereocenters. The van der Waals surface area contributed by atoms with E-state index in [9.17, 15) is 0 Å². The fourth-order valence-corrected chi connectivity index (χ4v) is 3.75. The van der Waals surface area contributed by atoms with Crippen LogP contribution >= 0.6 is 0 Å². The summed E-state index contributed by atoms with van der Waals surface area (Å²) in [5, 5.41) is 0. The smallest absolute Gasteiger partial charge is 0.187 e. The number of benzene rings is 4. The Labute approximate surface area is 164 Å². The summed E-state index contributed by atoms with van der Waals surface area (Å²) in [5.41, 5.74) is 7.29. The molecule has 0 radical (unpaired) electrons. The largest absolute Gasteiger partial charge is 0.306 e. The van der Waals surface area contributed by atoms with Crippen molar-refractivity contribution < 1.29 is 0 Å². The Hall–Kier alpha value is -4.03. The molecule has 0 aromatic heterocycles. The van der Waals surface area contributed by atoms with Crippen molar-refractivity contribution in [2.24, 2.45) is 0 Å². The highest BCUT2D eigenvalue weighted by Gasteiger charge is 2.29. The second-order valence-electron chi connectivity index (χ2n) is 6.61. The second-order valence-corrected chi connectivity index (χ2v) is 6.61. The lowest BCUT2D eigenvalue weighted by molar-refractivity contribution is 1.17. The van der Waals surface area contributed by atoms with Gasteiger partial charge in [-0.2, -0.15) is 0 Å². The Bertz CT molecular complexity index is 1130. The van der Waals surface area contributed by atoms with Gasteiger partial charge in [0, 0.05) is 11.4 Å². The monoisotopic (exact) mass is 359 g/mol. The van der Waals surface area contributed by atoms with Crippen LogP contribution in [0.15, 0.2) is 103 Å². The number of anilines is 6. The number of hydrogen-bond donors (Lipinski definition) is 0. The highest BCUT2D eigenvalue weighted by molar-refractivity contribution is 6.01. The van der Waals surface area contributed by atoms with E-state index < -0.39 is 0 Å². The fraction of sp³-hybridized carbons (Fsp3) is 0. The Kier molecular flexibility index (Phi) is 3.81. The average Bonchev–Trinajstić information content (AvgIpc) is 2.78. The molecule has 0 saturated carbocycles. The summed E-state index contributed by atoms with van der Waals surface area (Å²) in [4.78, 5) is 8.08. The van der Waals surface area contributed by atoms with Gasteiger partial charge >= 0.3 is 0 Å². The fourth-order valence-electron chi connectivity index (χ4n) is 3.75. The van der Waals surface area contributed by atoms with Crippen LogP contribution in [0.5, 0.6) is 0 Å². The van der Waals surface area contributed by atoms with Crippen molar-refractivity contribution in [1.82, 2.24) is 0 Å². The topological polar surface area (TPSA) is 10.8 Å². The molecule has 0 fully saturated rings. The summed E-state index contributed by atoms with van der Waals surface area (Å²) >= 11 is 0. The summed E-state index contributed by atoms with van der Waals surface area (Å²) in [7, 11) is 0. The summed E-state index contributed by atoms with van der Waals surface area (Å²) in [5.74, 6) is 0. The van der Waals surface area contributed by atoms with Crippen LogP contribution in [0.4, 0.5) is 39.8 Å². The van der Waals surface area contributed by atoms with E-state index in [1.807, 2.05) is 30.3 Å². The molecule has 28 heavy (non-hydrogen) atoms. The summed E-state index contributed by atoms with van der Waals surface area (Å²) in [6, 6.07) is 35.1. The van der Waals surface area contributed by atoms with E-state index in [0.29, 0.717) is 5.69 Å². The van der Waals surface area contributed by atoms with Crippen molar-refractivity contribution in [3.8, 4) is 0 Å². The summed E-state index contributed by atoms with van der Waals surface area (Å²) in [6.45, 7) is 7.22. The maximum atomic E-state index is 7.22. The van der Waals surface area contributed by atoms with Crippen LogP contribution in [-0.2, 0) is 0 Å². The number of nitrogens with zero attached hydrogens (tertiary/aromatic N) is 3. The van der Waals surface area contributed by atoms with Crippen LogP contribution in [0, 0.1) is 6.57 Å². The first-order valence-electron chi connectivity index (χ1n) is 9.18. The zero-order valence-corrected chi connectivity index (χ0v) is 15.2. The first-order valence-corrected chi connectivity index (χ1v) is 9.18. The zero-order chi connectivity index (χ0) is 18.9. The molecule has 3 heteroatoms. The van der Waals surface area contributed by atoms with Crippen molar-refractivity contribution in [2.45, 2.75) is 0 Å². The minimum Gasteiger partial charge on any atom is -0.306 e. The normalized spacial score (nSPS) is 12.1. The van der Waals surface area contributed by atoms with Gasteiger partial charge < -0.3 is 9.80 Å². The Balaban J connectivity index is 1.76. The van der Waals surface area contributed by atoms with Gasteiger partial charge in [-0.1, -0.05) is 54.6 Å². The average molecular weight is 359 g/mol. The van der Waals surface area contributed by atoms with Crippen molar-refractivity contribution >= 4 is 39.8 Å². The lowest BCUT2D eigenvalue weighted by Gasteiger charge is -2.40. The molecular formula is C25H17N3. The molecular weight excluding hydrogens is 342 g/mol. The lowest BCUT2D eigenvalue weighted by Crippen LogP contribution is -2.23. The molecule has 0 aliphatic carbocycles. The molecule has 132 valence electrons. The molecule has 0 spiro atoms. The van der Waals surface area contributed by atoms with Gasteiger partial charge in [-0.15, -0.1) is 0 Å². The molecule has 3 nitrogen and oxygen atoms in total. The molecule has 5 rings (SSSR count). The third kappa shape index (κ3) is 2.52. The summed E-state index contributed by atoms with van der Waals surface area (Å²) < 4.78 is 0. The number of rotatable bonds is 2. The maximum absolute atomic E-state index is 7.22. The van der Waals surface area contributed by atoms with E-state index in [1.54, 1.807) is 0 Å². The van der Waals surface area contributed by atoms with E-state index in [1.165, 1.54) is 0 Å². The van der Waals surface area contributed by atoms with Crippen LogP contribution in [-0.4, -0.2) is 0 Å². The van der Waals surface area contributed by atoms with Gasteiger partial charge in [0.25, 0.3) is 0 Å². The van der Waals surface area contributed by atoms with Gasteiger partial charge in [-0.05, 0) is 48.5 Å². The first kappa shape index (κ1) is 16.2. The SMILES string of the molecule is [C-]#[N+]c1ccc(N2c3ccccc3N(c3ccccc3)c3ccccc32)cc1. The molecule has 4 aromatic rings. The maximum Gasteiger partial charge on any atom is 0.187 e. The van der Waals surface area contributed by atoms with Crippen LogP contribution < -0.4 is 9.80 Å². The molecule has 0 bridgehead atoms. The number of fused-ring (bicyclic) bond motifs is 2. The molecule has 1 aliphatic rings. The van der Waals surface area contributed by atoms with E-state index in [0.717, 1.165) is 34.1 Å². The van der Waals surface area contributed by atoms with Crippen molar-refractivity contribution in [1.29, 1.82) is 0 Å². The molecule has 1 aliphatic heterocycles. The molecule has 1 heterocycles. The van der Waals surface area contributed by atoms with Crippen molar-refractivity contribution in [3.05, 3.63) is 115 Å². The lowest BCUT2D eigenvalue weighted by atomic mass is 10.0. The highest BCUT2D eigenvalue weighted by Crippen LogP contribution is 2.53. The van der Waals surface area contributed by atoms with Gasteiger partial charge in [-0.3, -0.25) is 0 Å². The molecule has 0 saturated heterocycles. The standard InChI is InChI=1S/C25H17N3/c1-26-19-15-17-21(18-16-19)28-24-13-7-5-11-22(24)27(20-9-3-2-4-10-20)23-12-6-8-14-25(23)28/h2-18H. The van der Waals surface area contributed by atoms with E-state index in [-0.39, 0.29) is 0 Å². The van der Waals surface area contributed by atoms with Crippen molar-refractivity contribution in [2.75, 3.05) is 9.80 Å². The third-order valence-corrected chi connectivity index (χ3v) is 4.98. The Morgan fingerprint density at radius 1 is 0.464 bits per heavy atom. The molecule has 4 aromatic carbocycles.